The van der Waals surface area contributed by atoms with Crippen molar-refractivity contribution in [3.05, 3.63) is 70.7 Å². The molecule has 2 rings (SSSR count). The van der Waals surface area contributed by atoms with E-state index < -0.39 is 0 Å². The summed E-state index contributed by atoms with van der Waals surface area (Å²) in [5, 5.41) is 0.725. The van der Waals surface area contributed by atoms with Crippen molar-refractivity contribution < 1.29 is 4.79 Å². The highest BCUT2D eigenvalue weighted by molar-refractivity contribution is 6.30. The molecule has 19 heavy (non-hydrogen) atoms. The van der Waals surface area contributed by atoms with Gasteiger partial charge in [-0.1, -0.05) is 61.0 Å². The lowest BCUT2D eigenvalue weighted by Crippen LogP contribution is -2.07. The summed E-state index contributed by atoms with van der Waals surface area (Å²) in [5.41, 5.74) is 1.92. The lowest BCUT2D eigenvalue weighted by Gasteiger charge is -2.15. The molecule has 0 spiro atoms. The number of ketones is 1. The Hall–Kier alpha value is -1.60. The van der Waals surface area contributed by atoms with E-state index >= 15 is 0 Å². The Balaban J connectivity index is 2.14. The zero-order chi connectivity index (χ0) is 13.7. The van der Waals surface area contributed by atoms with Crippen molar-refractivity contribution in [2.24, 2.45) is 0 Å². The van der Waals surface area contributed by atoms with E-state index in [0.29, 0.717) is 6.42 Å². The maximum atomic E-state index is 12.2. The van der Waals surface area contributed by atoms with Gasteiger partial charge >= 0.3 is 0 Å². The molecule has 0 saturated heterocycles. The van der Waals surface area contributed by atoms with Gasteiger partial charge in [0.15, 0.2) is 5.78 Å². The summed E-state index contributed by atoms with van der Waals surface area (Å²) in [7, 11) is 0. The molecule has 0 amide bonds. The standard InChI is InChI=1S/C17H17ClO/c1-2-13(15-9-6-10-16(18)11-15)12-17(19)14-7-4-3-5-8-14/h3-11,13H,2,12H2,1H3/t13-/m0/s1. The van der Waals surface area contributed by atoms with Crippen LogP contribution < -0.4 is 0 Å². The van der Waals surface area contributed by atoms with E-state index in [1.165, 1.54) is 0 Å². The van der Waals surface area contributed by atoms with Crippen LogP contribution in [0.2, 0.25) is 5.02 Å². The molecular formula is C17H17ClO. The van der Waals surface area contributed by atoms with E-state index in [-0.39, 0.29) is 11.7 Å². The molecule has 0 N–H and O–H groups in total. The van der Waals surface area contributed by atoms with E-state index in [1.54, 1.807) is 0 Å². The van der Waals surface area contributed by atoms with Crippen molar-refractivity contribution in [3.8, 4) is 0 Å². The number of benzene rings is 2. The molecule has 0 heterocycles. The van der Waals surface area contributed by atoms with Crippen LogP contribution in [0.4, 0.5) is 0 Å². The molecule has 0 unspecified atom stereocenters. The highest BCUT2D eigenvalue weighted by Gasteiger charge is 2.15. The molecule has 0 fully saturated rings. The lowest BCUT2D eigenvalue weighted by molar-refractivity contribution is 0.0973. The highest BCUT2D eigenvalue weighted by atomic mass is 35.5. The Morgan fingerprint density at radius 3 is 2.47 bits per heavy atom. The third kappa shape index (κ3) is 3.68. The third-order valence-corrected chi connectivity index (χ3v) is 3.58. The molecule has 0 aromatic heterocycles. The second kappa shape index (κ2) is 6.53. The van der Waals surface area contributed by atoms with Crippen LogP contribution in [0.3, 0.4) is 0 Å². The molecule has 0 aliphatic heterocycles. The van der Waals surface area contributed by atoms with Crippen molar-refractivity contribution in [3.63, 3.8) is 0 Å². The topological polar surface area (TPSA) is 17.1 Å². The maximum absolute atomic E-state index is 12.2. The molecule has 0 saturated carbocycles. The number of hydrogen-bond acceptors (Lipinski definition) is 1. The van der Waals surface area contributed by atoms with E-state index in [1.807, 2.05) is 54.6 Å². The van der Waals surface area contributed by atoms with Gasteiger partial charge < -0.3 is 0 Å². The normalized spacial score (nSPS) is 12.1. The first-order valence-corrected chi connectivity index (χ1v) is 6.92. The van der Waals surface area contributed by atoms with Crippen molar-refractivity contribution in [1.29, 1.82) is 0 Å². The first kappa shape index (κ1) is 13.8. The average molecular weight is 273 g/mol. The number of Topliss-reactive ketones (excluding diaryl/α,β-unsaturated/α-hetero) is 1. The van der Waals surface area contributed by atoms with E-state index in [0.717, 1.165) is 22.6 Å². The number of carbonyl (C=O) groups is 1. The molecule has 1 nitrogen and oxygen atoms in total. The average Bonchev–Trinajstić information content (AvgIpc) is 2.45. The molecule has 98 valence electrons. The van der Waals surface area contributed by atoms with E-state index in [4.69, 9.17) is 11.6 Å². The summed E-state index contributed by atoms with van der Waals surface area (Å²) in [5.74, 6) is 0.416. The summed E-state index contributed by atoms with van der Waals surface area (Å²) >= 11 is 6.01. The number of halogens is 1. The van der Waals surface area contributed by atoms with Gasteiger partial charge in [0.2, 0.25) is 0 Å². The molecule has 0 radical (unpaired) electrons. The minimum absolute atomic E-state index is 0.187. The van der Waals surface area contributed by atoms with Crippen molar-refractivity contribution in [2.45, 2.75) is 25.7 Å². The summed E-state index contributed by atoms with van der Waals surface area (Å²) in [6, 6.07) is 17.2. The smallest absolute Gasteiger partial charge is 0.163 e. The Morgan fingerprint density at radius 1 is 1.11 bits per heavy atom. The second-order valence-electron chi connectivity index (χ2n) is 4.65. The fraction of sp³-hybridized carbons (Fsp3) is 0.235. The maximum Gasteiger partial charge on any atom is 0.163 e. The summed E-state index contributed by atoms with van der Waals surface area (Å²) in [6.45, 7) is 2.10. The van der Waals surface area contributed by atoms with Crippen LogP contribution >= 0.6 is 11.6 Å². The molecule has 0 bridgehead atoms. The van der Waals surface area contributed by atoms with Crippen LogP contribution in [0, 0.1) is 0 Å². The highest BCUT2D eigenvalue weighted by Crippen LogP contribution is 2.27. The number of hydrogen-bond donors (Lipinski definition) is 0. The predicted octanol–water partition coefficient (Wildman–Crippen LogP) is 5.11. The molecule has 2 heteroatoms. The van der Waals surface area contributed by atoms with Gasteiger partial charge in [0.1, 0.15) is 0 Å². The molecule has 2 aromatic rings. The SMILES string of the molecule is CC[C@@H](CC(=O)c1ccccc1)c1cccc(Cl)c1. The van der Waals surface area contributed by atoms with E-state index in [2.05, 4.69) is 6.92 Å². The summed E-state index contributed by atoms with van der Waals surface area (Å²) in [6.07, 6.45) is 1.46. The zero-order valence-corrected chi connectivity index (χ0v) is 11.7. The van der Waals surface area contributed by atoms with Crippen molar-refractivity contribution in [1.82, 2.24) is 0 Å². The lowest BCUT2D eigenvalue weighted by atomic mass is 9.89. The summed E-state index contributed by atoms with van der Waals surface area (Å²) in [4.78, 5) is 12.2. The summed E-state index contributed by atoms with van der Waals surface area (Å²) < 4.78 is 0. The second-order valence-corrected chi connectivity index (χ2v) is 5.09. The van der Waals surface area contributed by atoms with Gasteiger partial charge in [-0.3, -0.25) is 4.79 Å². The molecule has 1 atom stereocenters. The largest absolute Gasteiger partial charge is 0.294 e. The van der Waals surface area contributed by atoms with Crippen molar-refractivity contribution in [2.75, 3.05) is 0 Å². The number of rotatable bonds is 5. The fourth-order valence-corrected chi connectivity index (χ4v) is 2.42. The first-order chi connectivity index (χ1) is 9.20. The van der Waals surface area contributed by atoms with Crippen LogP contribution in [0.5, 0.6) is 0 Å². The molecular weight excluding hydrogens is 256 g/mol. The fourth-order valence-electron chi connectivity index (χ4n) is 2.22. The van der Waals surface area contributed by atoms with Crippen LogP contribution in [0.15, 0.2) is 54.6 Å². The quantitative estimate of drug-likeness (QED) is 0.692. The van der Waals surface area contributed by atoms with Gasteiger partial charge in [-0.2, -0.15) is 0 Å². The Bertz CT molecular complexity index is 548. The first-order valence-electron chi connectivity index (χ1n) is 6.54. The third-order valence-electron chi connectivity index (χ3n) is 3.34. The van der Waals surface area contributed by atoms with Gasteiger partial charge in [0.25, 0.3) is 0 Å². The van der Waals surface area contributed by atoms with Gasteiger partial charge in [0, 0.05) is 17.0 Å². The Morgan fingerprint density at radius 2 is 1.84 bits per heavy atom. The minimum Gasteiger partial charge on any atom is -0.294 e. The zero-order valence-electron chi connectivity index (χ0n) is 11.0. The monoisotopic (exact) mass is 272 g/mol. The van der Waals surface area contributed by atoms with Crippen LogP contribution in [0.25, 0.3) is 0 Å². The van der Waals surface area contributed by atoms with Gasteiger partial charge in [-0.05, 0) is 30.0 Å². The predicted molar refractivity (Wildman–Crippen MR) is 79.9 cm³/mol. The van der Waals surface area contributed by atoms with Gasteiger partial charge in [-0.25, -0.2) is 0 Å². The number of carbonyl (C=O) groups excluding carboxylic acids is 1. The Labute approximate surface area is 119 Å². The van der Waals surface area contributed by atoms with E-state index in [9.17, 15) is 4.79 Å². The van der Waals surface area contributed by atoms with Crippen molar-refractivity contribution >= 4 is 17.4 Å². The molecule has 2 aromatic carbocycles. The van der Waals surface area contributed by atoms with Gasteiger partial charge in [0.05, 0.1) is 0 Å². The minimum atomic E-state index is 0.187. The van der Waals surface area contributed by atoms with Gasteiger partial charge in [-0.15, -0.1) is 0 Å². The Kier molecular flexibility index (Phi) is 4.75. The van der Waals surface area contributed by atoms with Crippen LogP contribution in [0.1, 0.15) is 41.6 Å². The molecule has 0 aliphatic rings. The molecule has 0 aliphatic carbocycles. The van der Waals surface area contributed by atoms with Crippen LogP contribution in [-0.4, -0.2) is 5.78 Å². The van der Waals surface area contributed by atoms with Crippen LogP contribution in [-0.2, 0) is 0 Å².